The van der Waals surface area contributed by atoms with E-state index in [1.165, 1.54) is 57.8 Å². The van der Waals surface area contributed by atoms with Gasteiger partial charge in [0.05, 0.1) is 11.8 Å². The van der Waals surface area contributed by atoms with Crippen LogP contribution in [-0.2, 0) is 47.7 Å². The molecule has 1 fully saturated rings. The van der Waals surface area contributed by atoms with Gasteiger partial charge in [0, 0.05) is 51.4 Å². The van der Waals surface area contributed by atoms with Crippen molar-refractivity contribution in [2.75, 3.05) is 76.7 Å². The van der Waals surface area contributed by atoms with Crippen LogP contribution in [0.15, 0.2) is 4.79 Å². The predicted octanol–water partition coefficient (Wildman–Crippen LogP) is 14.1. The number of aliphatic hydroxyl groups excluding tert-OH is 2. The molecule has 1 aromatic rings. The number of nitrogens with zero attached hydrogens (tertiary/aromatic N) is 3. The molecular formula is C77H130N6O13. The van der Waals surface area contributed by atoms with Crippen molar-refractivity contribution in [3.8, 4) is 35.5 Å². The minimum atomic E-state index is -1.26. The monoisotopic (exact) mass is 1350 g/mol. The van der Waals surface area contributed by atoms with E-state index in [0.717, 1.165) is 213 Å². The van der Waals surface area contributed by atoms with Gasteiger partial charge in [-0.3, -0.25) is 33.8 Å². The lowest BCUT2D eigenvalue weighted by atomic mass is 10.0. The molecule has 0 spiro atoms. The first kappa shape index (κ1) is 86.6. The zero-order chi connectivity index (χ0) is 69.7. The molecule has 0 radical (unpaired) electrons. The number of ether oxygens (including phenoxy) is 5. The van der Waals surface area contributed by atoms with Crippen molar-refractivity contribution < 1.29 is 57.9 Å². The fourth-order valence-corrected chi connectivity index (χ4v) is 11.7. The zero-order valence-corrected chi connectivity index (χ0v) is 60.3. The Bertz CT molecular complexity index is 2400. The van der Waals surface area contributed by atoms with Gasteiger partial charge >= 0.3 is 23.9 Å². The zero-order valence-electron chi connectivity index (χ0n) is 60.3. The molecule has 1 aliphatic heterocycles. The molecule has 2 heterocycles. The number of carbonyl (C=O) groups is 5. The largest absolute Gasteiger partial charge is 0.463 e. The Kier molecular flexibility index (Phi) is 54.7. The van der Waals surface area contributed by atoms with Crippen LogP contribution < -0.4 is 16.6 Å². The number of esters is 4. The number of carbonyl (C=O) groups excluding carboxylic acids is 5. The van der Waals surface area contributed by atoms with Gasteiger partial charge in [-0.25, -0.2) is 4.98 Å². The van der Waals surface area contributed by atoms with E-state index in [0.29, 0.717) is 32.1 Å². The van der Waals surface area contributed by atoms with Crippen LogP contribution in [-0.4, -0.2) is 150 Å². The molecule has 96 heavy (non-hydrogen) atoms. The number of aryl methyl sites for hydroxylation is 1. The van der Waals surface area contributed by atoms with Crippen molar-refractivity contribution in [2.45, 2.75) is 335 Å². The third-order valence-electron chi connectivity index (χ3n) is 17.5. The third kappa shape index (κ3) is 48.3. The molecule has 2 unspecified atom stereocenters. The van der Waals surface area contributed by atoms with Gasteiger partial charge in [-0.05, 0) is 136 Å². The maximum Gasteiger partial charge on any atom is 0.306 e. The second-order valence-electron chi connectivity index (χ2n) is 26.2. The van der Waals surface area contributed by atoms with Crippen LogP contribution in [0.3, 0.4) is 0 Å². The topological polar surface area (TPSA) is 262 Å². The number of unbranched alkanes of at least 4 members (excludes halogenated alkanes) is 29. The highest BCUT2D eigenvalue weighted by Crippen LogP contribution is 2.26. The highest BCUT2D eigenvalue weighted by Gasteiger charge is 2.42. The van der Waals surface area contributed by atoms with E-state index in [1.807, 2.05) is 0 Å². The summed E-state index contributed by atoms with van der Waals surface area (Å²) in [7, 11) is 0. The first-order valence-electron chi connectivity index (χ1n) is 37.9. The van der Waals surface area contributed by atoms with Crippen molar-refractivity contribution in [1.29, 1.82) is 0 Å². The van der Waals surface area contributed by atoms with Crippen molar-refractivity contribution in [2.24, 2.45) is 0 Å². The van der Waals surface area contributed by atoms with E-state index in [1.54, 1.807) is 6.92 Å². The lowest BCUT2D eigenvalue weighted by Crippen LogP contribution is -2.35. The molecule has 0 aliphatic carbocycles. The average Bonchev–Trinajstić information content (AvgIpc) is 1.20. The maximum absolute atomic E-state index is 12.9. The molecule has 4 atom stereocenters. The number of amides is 1. The predicted molar refractivity (Wildman–Crippen MR) is 384 cm³/mol. The summed E-state index contributed by atoms with van der Waals surface area (Å²) in [5.41, 5.74) is 5.33. The molecule has 0 saturated carbocycles. The Labute approximate surface area is 579 Å². The van der Waals surface area contributed by atoms with E-state index in [-0.39, 0.29) is 86.9 Å². The summed E-state index contributed by atoms with van der Waals surface area (Å²) in [4.78, 5) is 86.2. The van der Waals surface area contributed by atoms with E-state index in [9.17, 15) is 39.0 Å². The number of nitrogens with one attached hydrogen (secondary N) is 2. The minimum absolute atomic E-state index is 0.0167. The molecule has 1 aliphatic rings. The van der Waals surface area contributed by atoms with E-state index >= 15 is 0 Å². The van der Waals surface area contributed by atoms with Gasteiger partial charge < -0.3 is 54.7 Å². The van der Waals surface area contributed by atoms with Gasteiger partial charge in [0.2, 0.25) is 11.9 Å². The number of hydrogen-bond acceptors (Lipinski definition) is 17. The molecule has 0 aromatic carbocycles. The molecular weight excluding hydrogens is 1220 g/mol. The smallest absolute Gasteiger partial charge is 0.306 e. The number of aliphatic hydroxyl groups is 2. The van der Waals surface area contributed by atoms with Crippen LogP contribution >= 0.6 is 0 Å². The van der Waals surface area contributed by atoms with Crippen molar-refractivity contribution in [1.82, 2.24) is 19.8 Å². The van der Waals surface area contributed by atoms with Crippen LogP contribution in [0.25, 0.3) is 0 Å². The Morgan fingerprint density at radius 3 is 1.20 bits per heavy atom. The summed E-state index contributed by atoms with van der Waals surface area (Å²) >= 11 is 0. The number of hydrogen-bond donors (Lipinski definition) is 5. The van der Waals surface area contributed by atoms with Crippen molar-refractivity contribution >= 4 is 41.4 Å². The van der Waals surface area contributed by atoms with Gasteiger partial charge in [-0.2, -0.15) is 0 Å². The van der Waals surface area contributed by atoms with Crippen LogP contribution in [0.5, 0.6) is 0 Å². The SMILES string of the molecule is CCCCCCC#CCOC(=O)CCCCCCCCN(CCCCCCCCC(=O)OCC#CCCCCCC)CCCN(CCCCCCCCC(=O)OCC#CCCCCCC)CCCCCC(=O)OC[C@@H]1O[C@H](CCCC(=O)Nc2c(C)nc(N)[nH]c2=O)C(O)C1O. The molecule has 6 N–H and O–H groups in total. The summed E-state index contributed by atoms with van der Waals surface area (Å²) in [6.07, 6.45) is 37.3. The fourth-order valence-electron chi connectivity index (χ4n) is 11.7. The normalized spacial score (nSPS) is 14.9. The first-order valence-corrected chi connectivity index (χ1v) is 37.9. The second-order valence-corrected chi connectivity index (χ2v) is 26.2. The van der Waals surface area contributed by atoms with Gasteiger partial charge in [-0.1, -0.05) is 198 Å². The van der Waals surface area contributed by atoms with Crippen LogP contribution in [0.1, 0.15) is 309 Å². The maximum atomic E-state index is 12.9. The Morgan fingerprint density at radius 2 is 0.802 bits per heavy atom. The fraction of sp³-hybridized carbons (Fsp3) is 0.805. The Hall–Kier alpha value is -5.49. The quantitative estimate of drug-likeness (QED) is 0.0176. The number of H-pyrrole nitrogens is 1. The van der Waals surface area contributed by atoms with Crippen LogP contribution in [0.2, 0.25) is 0 Å². The van der Waals surface area contributed by atoms with Crippen LogP contribution in [0.4, 0.5) is 11.6 Å². The summed E-state index contributed by atoms with van der Waals surface area (Å²) in [5.74, 6) is 17.0. The Morgan fingerprint density at radius 1 is 0.458 bits per heavy atom. The van der Waals surface area contributed by atoms with Crippen molar-refractivity contribution in [3.05, 3.63) is 16.0 Å². The Balaban J connectivity index is 1.91. The molecule has 0 bridgehead atoms. The number of aromatic amines is 1. The van der Waals surface area contributed by atoms with Gasteiger partial charge in [0.15, 0.2) is 19.8 Å². The number of aromatic nitrogens is 2. The second kappa shape index (κ2) is 60.7. The van der Waals surface area contributed by atoms with Gasteiger partial charge in [0.1, 0.15) is 30.6 Å². The number of anilines is 2. The summed E-state index contributed by atoms with van der Waals surface area (Å²) < 4.78 is 27.5. The minimum Gasteiger partial charge on any atom is -0.463 e. The van der Waals surface area contributed by atoms with Crippen molar-refractivity contribution in [3.63, 3.8) is 0 Å². The molecule has 1 amide bonds. The molecule has 2 rings (SSSR count). The van der Waals surface area contributed by atoms with Gasteiger partial charge in [0.25, 0.3) is 5.56 Å². The molecule has 19 heteroatoms. The standard InChI is InChI=1S/C77H130N6O13/c1-5-8-11-14-23-32-44-61-92-69(85)51-36-26-17-20-29-40-55-82(56-41-30-21-18-27-37-52-70(86)93-62-45-33-24-15-12-9-6-2)59-48-60-83(57-42-31-22-19-28-38-53-71(87)94-63-46-34-25-16-13-10-7-3)58-43-35-39-54-72(88)95-64-67-75(90)74(89)66(96-67)49-47-50-68(84)80-73-65(4)79-77(78)81-76(73)91/h66-67,74-75,89-90H,5-31,35-43,47-64H2,1-4H3,(H,80,84)(H3,78,79,81,91)/t66-,67+,74?,75?/m1/s1. The highest BCUT2D eigenvalue weighted by atomic mass is 16.6. The summed E-state index contributed by atoms with van der Waals surface area (Å²) in [6, 6.07) is 0. The summed E-state index contributed by atoms with van der Waals surface area (Å²) in [5, 5.41) is 24.0. The van der Waals surface area contributed by atoms with E-state index in [4.69, 9.17) is 29.4 Å². The third-order valence-corrected chi connectivity index (χ3v) is 17.5. The molecule has 19 nitrogen and oxygen atoms in total. The molecule has 546 valence electrons. The molecule has 1 aromatic heterocycles. The van der Waals surface area contributed by atoms with E-state index in [2.05, 4.69) is 81.4 Å². The lowest BCUT2D eigenvalue weighted by molar-refractivity contribution is -0.149. The highest BCUT2D eigenvalue weighted by molar-refractivity contribution is 5.91. The lowest BCUT2D eigenvalue weighted by Gasteiger charge is -2.26. The molecule has 1 saturated heterocycles. The van der Waals surface area contributed by atoms with E-state index < -0.39 is 35.9 Å². The first-order chi connectivity index (χ1) is 46.8. The van der Waals surface area contributed by atoms with Gasteiger partial charge in [-0.15, -0.1) is 0 Å². The number of rotatable bonds is 59. The number of nitrogens with two attached hydrogens (primary N) is 1. The van der Waals surface area contributed by atoms with Crippen LogP contribution in [0, 0.1) is 42.4 Å². The number of nitrogen functional groups attached to an aromatic ring is 1. The average molecular weight is 1350 g/mol. The summed E-state index contributed by atoms with van der Waals surface area (Å²) in [6.45, 7) is 14.5.